The number of hydrogen-bond donors (Lipinski definition) is 0. The number of aryl methyl sites for hydroxylation is 2. The predicted molar refractivity (Wildman–Crippen MR) is 57.4 cm³/mol. The molecule has 0 heterocycles. The van der Waals surface area contributed by atoms with Crippen LogP contribution in [0.2, 0.25) is 0 Å². The number of rotatable bonds is 2. The van der Waals surface area contributed by atoms with E-state index in [1.165, 1.54) is 7.11 Å². The van der Waals surface area contributed by atoms with Crippen molar-refractivity contribution in [2.75, 3.05) is 7.11 Å². The molecule has 3 nitrogen and oxygen atoms in total. The van der Waals surface area contributed by atoms with Gasteiger partial charge in [0, 0.05) is 5.56 Å². The van der Waals surface area contributed by atoms with Gasteiger partial charge >= 0.3 is 5.97 Å². The van der Waals surface area contributed by atoms with Gasteiger partial charge in [-0.2, -0.15) is 0 Å². The van der Waals surface area contributed by atoms with Gasteiger partial charge in [0.15, 0.2) is 6.29 Å². The highest BCUT2D eigenvalue weighted by molar-refractivity contribution is 5.96. The molecule has 1 aromatic carbocycles. The maximum Gasteiger partial charge on any atom is 0.338 e. The minimum atomic E-state index is -0.395. The summed E-state index contributed by atoms with van der Waals surface area (Å²) in [6, 6.07) is 1.82. The van der Waals surface area contributed by atoms with Crippen molar-refractivity contribution in [3.05, 3.63) is 33.9 Å². The first-order valence-corrected chi connectivity index (χ1v) is 4.67. The molecule has 15 heavy (non-hydrogen) atoms. The maximum atomic E-state index is 11.5. The van der Waals surface area contributed by atoms with E-state index >= 15 is 0 Å². The van der Waals surface area contributed by atoms with Crippen molar-refractivity contribution in [3.63, 3.8) is 0 Å². The molecule has 0 aliphatic heterocycles. The first-order valence-electron chi connectivity index (χ1n) is 4.67. The van der Waals surface area contributed by atoms with Crippen LogP contribution in [0.5, 0.6) is 0 Å². The van der Waals surface area contributed by atoms with Crippen molar-refractivity contribution < 1.29 is 14.3 Å². The quantitative estimate of drug-likeness (QED) is 0.550. The van der Waals surface area contributed by atoms with Crippen molar-refractivity contribution in [3.8, 4) is 0 Å². The Kier molecular flexibility index (Phi) is 3.24. The van der Waals surface area contributed by atoms with Gasteiger partial charge in [0.2, 0.25) is 0 Å². The summed E-state index contributed by atoms with van der Waals surface area (Å²) in [5.41, 5.74) is 3.47. The van der Waals surface area contributed by atoms with Crippen LogP contribution >= 0.6 is 0 Å². The standard InChI is InChI=1S/C12H14O3/c1-7-5-8(2)11(12(14)15-4)9(3)10(7)6-13/h5-6H,1-4H3. The second kappa shape index (κ2) is 4.26. The molecule has 0 radical (unpaired) electrons. The van der Waals surface area contributed by atoms with E-state index in [1.54, 1.807) is 6.92 Å². The summed E-state index contributed by atoms with van der Waals surface area (Å²) in [5.74, 6) is -0.395. The third kappa shape index (κ3) is 1.91. The molecule has 1 aromatic rings. The van der Waals surface area contributed by atoms with Gasteiger partial charge in [0.05, 0.1) is 12.7 Å². The summed E-state index contributed by atoms with van der Waals surface area (Å²) in [7, 11) is 1.33. The molecule has 0 saturated carbocycles. The lowest BCUT2D eigenvalue weighted by atomic mass is 9.94. The van der Waals surface area contributed by atoms with Crippen molar-refractivity contribution in [2.24, 2.45) is 0 Å². The summed E-state index contributed by atoms with van der Waals surface area (Å²) < 4.78 is 4.68. The van der Waals surface area contributed by atoms with Crippen LogP contribution < -0.4 is 0 Å². The molecule has 0 N–H and O–H groups in total. The highest BCUT2D eigenvalue weighted by Crippen LogP contribution is 2.21. The summed E-state index contributed by atoms with van der Waals surface area (Å²) in [5, 5.41) is 0. The van der Waals surface area contributed by atoms with E-state index in [4.69, 9.17) is 0 Å². The van der Waals surface area contributed by atoms with Crippen LogP contribution in [-0.2, 0) is 4.74 Å². The van der Waals surface area contributed by atoms with Gasteiger partial charge in [-0.1, -0.05) is 6.07 Å². The lowest BCUT2D eigenvalue weighted by molar-refractivity contribution is 0.0599. The van der Waals surface area contributed by atoms with Gasteiger partial charge in [-0.25, -0.2) is 4.79 Å². The lowest BCUT2D eigenvalue weighted by Gasteiger charge is -2.11. The molecule has 0 aromatic heterocycles. The molecule has 3 heteroatoms. The Bertz CT molecular complexity index is 419. The van der Waals surface area contributed by atoms with Gasteiger partial charge < -0.3 is 4.74 Å². The average Bonchev–Trinajstić information content (AvgIpc) is 2.17. The molecule has 0 spiro atoms. The minimum Gasteiger partial charge on any atom is -0.465 e. The number of carbonyl (C=O) groups excluding carboxylic acids is 2. The van der Waals surface area contributed by atoms with Gasteiger partial charge in [-0.3, -0.25) is 4.79 Å². The van der Waals surface area contributed by atoms with Gasteiger partial charge in [0.1, 0.15) is 0 Å². The fraction of sp³-hybridized carbons (Fsp3) is 0.333. The summed E-state index contributed by atoms with van der Waals surface area (Å²) in [6.45, 7) is 5.45. The van der Waals surface area contributed by atoms with E-state index in [0.717, 1.165) is 17.4 Å². The van der Waals surface area contributed by atoms with Crippen LogP contribution in [0, 0.1) is 20.8 Å². The molecule has 0 fully saturated rings. The number of hydrogen-bond acceptors (Lipinski definition) is 3. The molecule has 0 bridgehead atoms. The van der Waals surface area contributed by atoms with Gasteiger partial charge in [0.25, 0.3) is 0 Å². The zero-order chi connectivity index (χ0) is 11.6. The van der Waals surface area contributed by atoms with Crippen molar-refractivity contribution in [1.29, 1.82) is 0 Å². The Labute approximate surface area is 89.1 Å². The first-order chi connectivity index (χ1) is 7.02. The highest BCUT2D eigenvalue weighted by atomic mass is 16.5. The topological polar surface area (TPSA) is 43.4 Å². The summed E-state index contributed by atoms with van der Waals surface area (Å²) in [6.07, 6.45) is 0.774. The van der Waals surface area contributed by atoms with Crippen LogP contribution in [0.4, 0.5) is 0 Å². The predicted octanol–water partition coefficient (Wildman–Crippen LogP) is 2.21. The first kappa shape index (κ1) is 11.4. The largest absolute Gasteiger partial charge is 0.465 e. The Hall–Kier alpha value is -1.64. The fourth-order valence-corrected chi connectivity index (χ4v) is 1.80. The van der Waals surface area contributed by atoms with E-state index < -0.39 is 5.97 Å². The van der Waals surface area contributed by atoms with E-state index in [0.29, 0.717) is 16.7 Å². The number of carbonyl (C=O) groups is 2. The maximum absolute atomic E-state index is 11.5. The van der Waals surface area contributed by atoms with E-state index in [9.17, 15) is 9.59 Å². The van der Waals surface area contributed by atoms with Crippen molar-refractivity contribution in [1.82, 2.24) is 0 Å². The number of esters is 1. The Morgan fingerprint density at radius 3 is 2.33 bits per heavy atom. The third-order valence-corrected chi connectivity index (χ3v) is 2.54. The number of methoxy groups -OCH3 is 1. The van der Waals surface area contributed by atoms with Gasteiger partial charge in [-0.05, 0) is 37.5 Å². The zero-order valence-corrected chi connectivity index (χ0v) is 9.38. The Balaban J connectivity index is 3.52. The number of aldehydes is 1. The van der Waals surface area contributed by atoms with E-state index in [2.05, 4.69) is 4.74 Å². The van der Waals surface area contributed by atoms with Crippen LogP contribution in [0.15, 0.2) is 6.07 Å². The lowest BCUT2D eigenvalue weighted by Crippen LogP contribution is -2.09. The minimum absolute atomic E-state index is 0.395. The monoisotopic (exact) mass is 206 g/mol. The van der Waals surface area contributed by atoms with Crippen molar-refractivity contribution >= 4 is 12.3 Å². The molecular formula is C12H14O3. The molecule has 0 atom stereocenters. The third-order valence-electron chi connectivity index (χ3n) is 2.54. The second-order valence-corrected chi connectivity index (χ2v) is 3.53. The smallest absolute Gasteiger partial charge is 0.338 e. The Morgan fingerprint density at radius 1 is 1.27 bits per heavy atom. The highest BCUT2D eigenvalue weighted by Gasteiger charge is 2.16. The van der Waals surface area contributed by atoms with Crippen LogP contribution in [-0.4, -0.2) is 19.4 Å². The van der Waals surface area contributed by atoms with Gasteiger partial charge in [-0.15, -0.1) is 0 Å². The molecule has 80 valence electrons. The van der Waals surface area contributed by atoms with Crippen LogP contribution in [0.1, 0.15) is 37.4 Å². The SMILES string of the molecule is COC(=O)c1c(C)cc(C)c(C=O)c1C. The molecule has 0 saturated heterocycles. The molecule has 0 aliphatic carbocycles. The molecule has 1 rings (SSSR count). The normalized spacial score (nSPS) is 9.87. The zero-order valence-electron chi connectivity index (χ0n) is 9.38. The number of benzene rings is 1. The molecule has 0 aliphatic rings. The average molecular weight is 206 g/mol. The summed E-state index contributed by atoms with van der Waals surface area (Å²) >= 11 is 0. The summed E-state index contributed by atoms with van der Waals surface area (Å²) in [4.78, 5) is 22.4. The fourth-order valence-electron chi connectivity index (χ4n) is 1.80. The number of ether oxygens (including phenoxy) is 1. The van der Waals surface area contributed by atoms with Crippen LogP contribution in [0.3, 0.4) is 0 Å². The van der Waals surface area contributed by atoms with E-state index in [1.807, 2.05) is 19.9 Å². The molecule has 0 unspecified atom stereocenters. The molecule has 0 amide bonds. The second-order valence-electron chi connectivity index (χ2n) is 3.53. The Morgan fingerprint density at radius 2 is 1.87 bits per heavy atom. The van der Waals surface area contributed by atoms with E-state index in [-0.39, 0.29) is 0 Å². The van der Waals surface area contributed by atoms with Crippen LogP contribution in [0.25, 0.3) is 0 Å². The molecular weight excluding hydrogens is 192 g/mol. The van der Waals surface area contributed by atoms with Crippen molar-refractivity contribution in [2.45, 2.75) is 20.8 Å².